The topological polar surface area (TPSA) is 119 Å². The first-order valence-corrected chi connectivity index (χ1v) is 4.56. The maximum Gasteiger partial charge on any atom is 0.337 e. The van der Waals surface area contributed by atoms with E-state index < -0.39 is 18.2 Å². The zero-order valence-corrected chi connectivity index (χ0v) is 8.75. The average molecular weight is 226 g/mol. The third-order valence-corrected chi connectivity index (χ3v) is 2.19. The molecule has 0 aliphatic heterocycles. The van der Waals surface area contributed by atoms with E-state index in [1.165, 1.54) is 18.2 Å². The van der Waals surface area contributed by atoms with Gasteiger partial charge in [-0.1, -0.05) is 6.07 Å². The molecule has 88 valence electrons. The van der Waals surface area contributed by atoms with E-state index in [9.17, 15) is 15.0 Å². The van der Waals surface area contributed by atoms with Crippen LogP contribution in [0.1, 0.15) is 11.7 Å². The minimum atomic E-state index is -1.65. The Morgan fingerprint density at radius 2 is 1.94 bits per heavy atom. The van der Waals surface area contributed by atoms with Gasteiger partial charge in [-0.15, -0.1) is 0 Å². The van der Waals surface area contributed by atoms with Gasteiger partial charge in [-0.05, 0) is 17.7 Å². The van der Waals surface area contributed by atoms with Crippen LogP contribution in [0.15, 0.2) is 18.2 Å². The van der Waals surface area contributed by atoms with Crippen molar-refractivity contribution in [1.29, 1.82) is 0 Å². The van der Waals surface area contributed by atoms with Crippen molar-refractivity contribution in [3.63, 3.8) is 0 Å². The van der Waals surface area contributed by atoms with Crippen LogP contribution in [-0.2, 0) is 9.53 Å². The third kappa shape index (κ3) is 2.41. The molecule has 0 saturated heterocycles. The number of nitrogens with two attached hydrogens (primary N) is 2. The maximum atomic E-state index is 11.0. The molecule has 6 N–H and O–H groups in total. The van der Waals surface area contributed by atoms with E-state index in [1.807, 2.05) is 0 Å². The molecule has 2 unspecified atom stereocenters. The lowest BCUT2D eigenvalue weighted by molar-refractivity contribution is -0.156. The second-order valence-electron chi connectivity index (χ2n) is 3.30. The number of anilines is 2. The fourth-order valence-corrected chi connectivity index (χ4v) is 1.21. The monoisotopic (exact) mass is 226 g/mol. The number of ether oxygens (including phenoxy) is 1. The smallest absolute Gasteiger partial charge is 0.337 e. The van der Waals surface area contributed by atoms with Crippen LogP contribution in [0.25, 0.3) is 0 Å². The van der Waals surface area contributed by atoms with Crippen LogP contribution in [0.3, 0.4) is 0 Å². The van der Waals surface area contributed by atoms with E-state index in [4.69, 9.17) is 11.5 Å². The van der Waals surface area contributed by atoms with Crippen molar-refractivity contribution in [2.75, 3.05) is 18.6 Å². The van der Waals surface area contributed by atoms with Gasteiger partial charge in [0.25, 0.3) is 0 Å². The zero-order chi connectivity index (χ0) is 12.3. The first-order chi connectivity index (χ1) is 7.47. The second kappa shape index (κ2) is 4.82. The summed E-state index contributed by atoms with van der Waals surface area (Å²) in [5.41, 5.74) is 12.0. The summed E-state index contributed by atoms with van der Waals surface area (Å²) >= 11 is 0. The summed E-state index contributed by atoms with van der Waals surface area (Å²) < 4.78 is 4.30. The summed E-state index contributed by atoms with van der Waals surface area (Å²) in [6, 6.07) is 4.35. The number of aliphatic hydroxyl groups excluding tert-OH is 2. The standard InChI is InChI=1S/C10H14N2O4/c1-16-10(15)9(14)8(13)5-2-3-6(11)7(12)4-5/h2-4,8-9,13-14H,11-12H2,1H3. The number of esters is 1. The summed E-state index contributed by atoms with van der Waals surface area (Å²) in [5.74, 6) is -0.914. The Morgan fingerprint density at radius 3 is 2.44 bits per heavy atom. The summed E-state index contributed by atoms with van der Waals surface area (Å²) in [6.07, 6.45) is -3.04. The Balaban J connectivity index is 2.91. The number of aliphatic hydroxyl groups is 2. The number of benzene rings is 1. The molecule has 16 heavy (non-hydrogen) atoms. The summed E-state index contributed by atoms with van der Waals surface area (Å²) in [4.78, 5) is 11.0. The van der Waals surface area contributed by atoms with Gasteiger partial charge in [0.05, 0.1) is 18.5 Å². The minimum absolute atomic E-state index is 0.272. The summed E-state index contributed by atoms with van der Waals surface area (Å²) in [6.45, 7) is 0. The van der Waals surface area contributed by atoms with Crippen LogP contribution in [0.5, 0.6) is 0 Å². The molecule has 1 aromatic carbocycles. The van der Waals surface area contributed by atoms with E-state index in [0.717, 1.165) is 7.11 Å². The highest BCUT2D eigenvalue weighted by molar-refractivity contribution is 5.75. The summed E-state index contributed by atoms with van der Waals surface area (Å²) in [5, 5.41) is 19.1. The van der Waals surface area contributed by atoms with Crippen LogP contribution in [0, 0.1) is 0 Å². The van der Waals surface area contributed by atoms with Crippen molar-refractivity contribution in [3.8, 4) is 0 Å². The van der Waals surface area contributed by atoms with Crippen molar-refractivity contribution in [3.05, 3.63) is 23.8 Å². The molecule has 1 aromatic rings. The van der Waals surface area contributed by atoms with Crippen molar-refractivity contribution < 1.29 is 19.7 Å². The number of hydrogen-bond acceptors (Lipinski definition) is 6. The van der Waals surface area contributed by atoms with Crippen molar-refractivity contribution in [2.24, 2.45) is 0 Å². The van der Waals surface area contributed by atoms with Crippen LogP contribution >= 0.6 is 0 Å². The number of rotatable bonds is 3. The van der Waals surface area contributed by atoms with Crippen molar-refractivity contribution in [1.82, 2.24) is 0 Å². The lowest BCUT2D eigenvalue weighted by Gasteiger charge is -2.16. The molecule has 0 heterocycles. The molecule has 0 radical (unpaired) electrons. The van der Waals surface area contributed by atoms with Gasteiger partial charge < -0.3 is 26.4 Å². The molecule has 0 spiro atoms. The Hall–Kier alpha value is -1.79. The fourth-order valence-electron chi connectivity index (χ4n) is 1.21. The fraction of sp³-hybridized carbons (Fsp3) is 0.300. The Morgan fingerprint density at radius 1 is 1.31 bits per heavy atom. The lowest BCUT2D eigenvalue weighted by Crippen LogP contribution is -2.29. The highest BCUT2D eigenvalue weighted by Crippen LogP contribution is 2.23. The first-order valence-electron chi connectivity index (χ1n) is 4.56. The Bertz CT molecular complexity index is 394. The molecule has 1 rings (SSSR count). The minimum Gasteiger partial charge on any atom is -0.467 e. The van der Waals surface area contributed by atoms with Gasteiger partial charge in [-0.2, -0.15) is 0 Å². The van der Waals surface area contributed by atoms with Gasteiger partial charge in [0.2, 0.25) is 0 Å². The van der Waals surface area contributed by atoms with Gasteiger partial charge >= 0.3 is 5.97 Å². The Labute approximate surface area is 92.4 Å². The molecule has 6 heteroatoms. The van der Waals surface area contributed by atoms with Gasteiger partial charge in [0.15, 0.2) is 6.10 Å². The van der Waals surface area contributed by atoms with Crippen molar-refractivity contribution in [2.45, 2.75) is 12.2 Å². The first kappa shape index (κ1) is 12.3. The highest BCUT2D eigenvalue weighted by Gasteiger charge is 2.26. The molecule has 0 fully saturated rings. The molecule has 0 aromatic heterocycles. The van der Waals surface area contributed by atoms with Gasteiger partial charge in [-0.25, -0.2) is 4.79 Å². The molecular formula is C10H14N2O4. The third-order valence-electron chi connectivity index (χ3n) is 2.19. The number of carbonyl (C=O) groups excluding carboxylic acids is 1. The summed E-state index contributed by atoms with van der Waals surface area (Å²) in [7, 11) is 1.12. The maximum absolute atomic E-state index is 11.0. The molecule has 0 amide bonds. The van der Waals surface area contributed by atoms with Crippen LogP contribution in [0.4, 0.5) is 11.4 Å². The second-order valence-corrected chi connectivity index (χ2v) is 3.30. The molecular weight excluding hydrogens is 212 g/mol. The van der Waals surface area contributed by atoms with E-state index in [2.05, 4.69) is 4.74 Å². The van der Waals surface area contributed by atoms with E-state index in [1.54, 1.807) is 0 Å². The SMILES string of the molecule is COC(=O)C(O)C(O)c1ccc(N)c(N)c1. The number of carbonyl (C=O) groups is 1. The number of methoxy groups -OCH3 is 1. The molecule has 6 nitrogen and oxygen atoms in total. The predicted molar refractivity (Wildman–Crippen MR) is 58.2 cm³/mol. The predicted octanol–water partition coefficient (Wildman–Crippen LogP) is -0.582. The van der Waals surface area contributed by atoms with Crippen LogP contribution < -0.4 is 11.5 Å². The van der Waals surface area contributed by atoms with E-state index in [-0.39, 0.29) is 5.69 Å². The molecule has 0 aliphatic rings. The molecule has 0 bridgehead atoms. The van der Waals surface area contributed by atoms with Crippen molar-refractivity contribution >= 4 is 17.3 Å². The van der Waals surface area contributed by atoms with Gasteiger partial charge in [0.1, 0.15) is 6.10 Å². The number of hydrogen-bond donors (Lipinski definition) is 4. The normalized spacial score (nSPS) is 14.2. The average Bonchev–Trinajstić information content (AvgIpc) is 2.29. The molecule has 0 aliphatic carbocycles. The molecule has 0 saturated carbocycles. The Kier molecular flexibility index (Phi) is 3.70. The van der Waals surface area contributed by atoms with Gasteiger partial charge in [0, 0.05) is 0 Å². The lowest BCUT2D eigenvalue weighted by atomic mass is 10.0. The number of nitrogen functional groups attached to an aromatic ring is 2. The van der Waals surface area contributed by atoms with Gasteiger partial charge in [-0.3, -0.25) is 0 Å². The zero-order valence-electron chi connectivity index (χ0n) is 8.75. The largest absolute Gasteiger partial charge is 0.467 e. The van der Waals surface area contributed by atoms with E-state index in [0.29, 0.717) is 11.3 Å². The van der Waals surface area contributed by atoms with Crippen LogP contribution in [0.2, 0.25) is 0 Å². The quantitative estimate of drug-likeness (QED) is 0.404. The highest BCUT2D eigenvalue weighted by atomic mass is 16.5. The van der Waals surface area contributed by atoms with E-state index >= 15 is 0 Å². The van der Waals surface area contributed by atoms with Crippen LogP contribution in [-0.4, -0.2) is 29.4 Å². The molecule has 2 atom stereocenters.